The van der Waals surface area contributed by atoms with Gasteiger partial charge in [0.2, 0.25) is 5.91 Å². The number of nitrogens with zero attached hydrogens (tertiary/aromatic N) is 3. The van der Waals surface area contributed by atoms with E-state index >= 15 is 0 Å². The second-order valence-electron chi connectivity index (χ2n) is 5.73. The normalized spacial score (nSPS) is 10.2. The molecule has 0 saturated heterocycles. The number of benzene rings is 1. The fourth-order valence-corrected chi connectivity index (χ4v) is 3.35. The molecule has 2 rings (SSSR count). The molecule has 0 fully saturated rings. The van der Waals surface area contributed by atoms with E-state index in [1.54, 1.807) is 0 Å². The van der Waals surface area contributed by atoms with Gasteiger partial charge in [0.05, 0.1) is 6.07 Å². The first kappa shape index (κ1) is 19.4. The summed E-state index contributed by atoms with van der Waals surface area (Å²) in [6.07, 6.45) is 6.11. The van der Waals surface area contributed by atoms with Crippen molar-refractivity contribution in [2.75, 3.05) is 17.5 Å². The van der Waals surface area contributed by atoms with E-state index in [0.717, 1.165) is 30.4 Å². The molecule has 0 saturated carbocycles. The predicted molar refractivity (Wildman–Crippen MR) is 108 cm³/mol. The summed E-state index contributed by atoms with van der Waals surface area (Å²) < 4.78 is 0.901. The van der Waals surface area contributed by atoms with Gasteiger partial charge in [0.25, 0.3) is 0 Å². The van der Waals surface area contributed by atoms with Gasteiger partial charge in [-0.25, -0.2) is 0 Å². The topological polar surface area (TPSA) is 57.0 Å². The number of alkyl halides is 1. The minimum atomic E-state index is 0.0766. The van der Waals surface area contributed by atoms with Crippen LogP contribution in [0.4, 0.5) is 0 Å². The number of carbonyl (C=O) groups is 1. The van der Waals surface area contributed by atoms with Crippen LogP contribution >= 0.6 is 22.6 Å². The summed E-state index contributed by atoms with van der Waals surface area (Å²) in [5, 5.41) is 8.66. The summed E-state index contributed by atoms with van der Waals surface area (Å²) in [6.45, 7) is 1.46. The van der Waals surface area contributed by atoms with Crippen molar-refractivity contribution >= 4 is 28.5 Å². The van der Waals surface area contributed by atoms with Crippen molar-refractivity contribution in [3.63, 3.8) is 0 Å². The molecule has 1 amide bonds. The van der Waals surface area contributed by atoms with Crippen LogP contribution in [0.2, 0.25) is 0 Å². The number of carbonyl (C=O) groups excluding carboxylic acids is 1. The molecule has 0 aliphatic rings. The van der Waals surface area contributed by atoms with Crippen LogP contribution in [0.15, 0.2) is 48.8 Å². The maximum Gasteiger partial charge on any atom is 0.223 e. The lowest BCUT2D eigenvalue weighted by Crippen LogP contribution is -2.33. The van der Waals surface area contributed by atoms with Crippen LogP contribution in [-0.2, 0) is 11.2 Å². The van der Waals surface area contributed by atoms with Crippen LogP contribution in [0.5, 0.6) is 0 Å². The van der Waals surface area contributed by atoms with Gasteiger partial charge in [-0.1, -0.05) is 52.9 Å². The van der Waals surface area contributed by atoms with Crippen molar-refractivity contribution in [2.45, 2.75) is 25.7 Å². The number of hydrogen-bond acceptors (Lipinski definition) is 3. The van der Waals surface area contributed by atoms with Gasteiger partial charge >= 0.3 is 0 Å². The number of hydrogen-bond donors (Lipinski definition) is 0. The van der Waals surface area contributed by atoms with Crippen molar-refractivity contribution in [3.05, 3.63) is 54.4 Å². The van der Waals surface area contributed by atoms with E-state index in [-0.39, 0.29) is 12.3 Å². The van der Waals surface area contributed by atoms with Crippen LogP contribution in [0.1, 0.15) is 24.8 Å². The summed E-state index contributed by atoms with van der Waals surface area (Å²) in [5.41, 5.74) is 3.59. The second-order valence-corrected chi connectivity index (χ2v) is 6.81. The van der Waals surface area contributed by atoms with E-state index in [2.05, 4.69) is 39.7 Å². The first-order valence-electron chi connectivity index (χ1n) is 8.45. The van der Waals surface area contributed by atoms with Gasteiger partial charge in [-0.05, 0) is 35.6 Å². The molecule has 1 aromatic carbocycles. The highest BCUT2D eigenvalue weighted by molar-refractivity contribution is 14.1. The first-order chi connectivity index (χ1) is 12.3. The van der Waals surface area contributed by atoms with Gasteiger partial charge in [0.1, 0.15) is 0 Å². The Bertz CT molecular complexity index is 712. The molecule has 2 aromatic rings. The van der Waals surface area contributed by atoms with E-state index in [0.29, 0.717) is 6.42 Å². The summed E-state index contributed by atoms with van der Waals surface area (Å²) in [5.74, 6) is 0.0766. The highest BCUT2D eigenvalue weighted by atomic mass is 127. The highest BCUT2D eigenvalue weighted by Gasteiger charge is 2.13. The molecule has 4 nitrogen and oxygen atoms in total. The largest absolute Gasteiger partial charge is 0.342 e. The number of amides is 1. The highest BCUT2D eigenvalue weighted by Crippen LogP contribution is 2.23. The summed E-state index contributed by atoms with van der Waals surface area (Å²) in [7, 11) is 0. The molecule has 1 heterocycles. The summed E-state index contributed by atoms with van der Waals surface area (Å²) in [4.78, 5) is 18.3. The molecule has 25 heavy (non-hydrogen) atoms. The van der Waals surface area contributed by atoms with E-state index in [9.17, 15) is 4.79 Å². The van der Waals surface area contributed by atoms with E-state index in [4.69, 9.17) is 5.26 Å². The number of pyridine rings is 1. The van der Waals surface area contributed by atoms with E-state index in [1.807, 2.05) is 47.6 Å². The molecule has 0 aliphatic carbocycles. The quantitative estimate of drug-likeness (QED) is 0.427. The molecule has 0 atom stereocenters. The SMILES string of the molecule is N#CCCC(=O)N(CCI)CCCc1cnccc1-c1ccccc1. The van der Waals surface area contributed by atoms with Gasteiger partial charge in [0, 0.05) is 42.8 Å². The molecule has 0 N–H and O–H groups in total. The minimum Gasteiger partial charge on any atom is -0.342 e. The van der Waals surface area contributed by atoms with Crippen molar-refractivity contribution in [1.29, 1.82) is 5.26 Å². The summed E-state index contributed by atoms with van der Waals surface area (Å²) in [6, 6.07) is 14.4. The van der Waals surface area contributed by atoms with Crippen molar-refractivity contribution < 1.29 is 4.79 Å². The molecule has 0 spiro atoms. The average molecular weight is 447 g/mol. The molecule has 0 unspecified atom stereocenters. The number of nitriles is 1. The maximum absolute atomic E-state index is 12.2. The molecule has 0 radical (unpaired) electrons. The third-order valence-electron chi connectivity index (χ3n) is 4.02. The first-order valence-corrected chi connectivity index (χ1v) is 9.98. The smallest absolute Gasteiger partial charge is 0.223 e. The van der Waals surface area contributed by atoms with Crippen molar-refractivity contribution in [1.82, 2.24) is 9.88 Å². The number of aromatic nitrogens is 1. The van der Waals surface area contributed by atoms with Gasteiger partial charge in [-0.3, -0.25) is 9.78 Å². The molecule has 1 aromatic heterocycles. The fourth-order valence-electron chi connectivity index (χ4n) is 2.77. The Morgan fingerprint density at radius 3 is 2.72 bits per heavy atom. The van der Waals surface area contributed by atoms with Crippen LogP contribution in [0.25, 0.3) is 11.1 Å². The average Bonchev–Trinajstić information content (AvgIpc) is 2.66. The van der Waals surface area contributed by atoms with Crippen LogP contribution in [-0.4, -0.2) is 33.3 Å². The predicted octanol–water partition coefficient (Wildman–Crippen LogP) is 4.25. The number of aryl methyl sites for hydroxylation is 1. The van der Waals surface area contributed by atoms with Gasteiger partial charge in [0.15, 0.2) is 0 Å². The monoisotopic (exact) mass is 447 g/mol. The van der Waals surface area contributed by atoms with Gasteiger partial charge in [-0.2, -0.15) is 5.26 Å². The molecular formula is C20H22IN3O. The molecule has 5 heteroatoms. The summed E-state index contributed by atoms with van der Waals surface area (Å²) >= 11 is 2.28. The van der Waals surface area contributed by atoms with Crippen molar-refractivity contribution in [2.24, 2.45) is 0 Å². The third kappa shape index (κ3) is 6.13. The molecular weight excluding hydrogens is 425 g/mol. The Hall–Kier alpha value is -1.94. The Labute approximate surface area is 163 Å². The fraction of sp³-hybridized carbons (Fsp3) is 0.350. The lowest BCUT2D eigenvalue weighted by molar-refractivity contribution is -0.130. The maximum atomic E-state index is 12.2. The number of halogens is 1. The van der Waals surface area contributed by atoms with Crippen LogP contribution in [0.3, 0.4) is 0 Å². The Balaban J connectivity index is 1.99. The molecule has 130 valence electrons. The van der Waals surface area contributed by atoms with Crippen molar-refractivity contribution in [3.8, 4) is 17.2 Å². The van der Waals surface area contributed by atoms with Crippen LogP contribution < -0.4 is 0 Å². The zero-order valence-electron chi connectivity index (χ0n) is 14.2. The van der Waals surface area contributed by atoms with Crippen LogP contribution in [0, 0.1) is 11.3 Å². The lowest BCUT2D eigenvalue weighted by Gasteiger charge is -2.21. The standard InChI is InChI=1S/C20H22IN3O/c21-11-15-24(20(25)9-4-12-22)14-5-8-18-16-23-13-10-19(18)17-6-2-1-3-7-17/h1-3,6-7,10,13,16H,4-5,8-9,11,14-15H2. The lowest BCUT2D eigenvalue weighted by atomic mass is 9.99. The second kappa shape index (κ2) is 10.8. The molecule has 0 bridgehead atoms. The Morgan fingerprint density at radius 2 is 2.00 bits per heavy atom. The Kier molecular flexibility index (Phi) is 8.40. The van der Waals surface area contributed by atoms with Gasteiger partial charge in [-0.15, -0.1) is 0 Å². The third-order valence-corrected chi connectivity index (χ3v) is 4.50. The van der Waals surface area contributed by atoms with E-state index in [1.165, 1.54) is 16.7 Å². The Morgan fingerprint density at radius 1 is 1.20 bits per heavy atom. The van der Waals surface area contributed by atoms with E-state index < -0.39 is 0 Å². The zero-order chi connectivity index (χ0) is 17.9. The van der Waals surface area contributed by atoms with Gasteiger partial charge < -0.3 is 4.90 Å². The minimum absolute atomic E-state index is 0.0766. The molecule has 0 aliphatic heterocycles. The number of rotatable bonds is 9. The zero-order valence-corrected chi connectivity index (χ0v) is 16.4.